The molecule has 0 aromatic heterocycles. The largest absolute Gasteiger partial charge is 0.192 e. The van der Waals surface area contributed by atoms with E-state index in [1.165, 1.54) is 86.3 Å². The third kappa shape index (κ3) is 3.52. The number of rotatable bonds is 2. The van der Waals surface area contributed by atoms with Gasteiger partial charge >= 0.3 is 0 Å². The van der Waals surface area contributed by atoms with Gasteiger partial charge in [-0.05, 0) is 102 Å². The van der Waals surface area contributed by atoms with Crippen molar-refractivity contribution in [1.82, 2.24) is 0 Å². The molecule has 1 aliphatic heterocycles. The summed E-state index contributed by atoms with van der Waals surface area (Å²) in [6.07, 6.45) is 5.01. The van der Waals surface area contributed by atoms with Crippen LogP contribution in [0.25, 0.3) is 76.5 Å². The van der Waals surface area contributed by atoms with Crippen LogP contribution in [0.1, 0.15) is 0 Å². The lowest BCUT2D eigenvalue weighted by atomic mass is 9.84. The fourth-order valence-electron chi connectivity index (χ4n) is 7.50. The third-order valence-corrected chi connectivity index (χ3v) is 12.3. The standard InChI is InChI=1S/C42H30S/c1-43(2)38-26-31-17-9-8-16-30(31)25-37(38)35-22-23-36-39(32-21-20-27-12-6-7-15-29(27)24-32)33-18-10-11-19-34(33)40(41(36)42(35)43)28-13-4-3-5-14-28/h3-26H,1-2H3. The van der Waals surface area contributed by atoms with E-state index < -0.39 is 10.0 Å². The maximum atomic E-state index is 2.51. The van der Waals surface area contributed by atoms with E-state index in [-0.39, 0.29) is 0 Å². The average molecular weight is 567 g/mol. The van der Waals surface area contributed by atoms with E-state index in [1.807, 2.05) is 0 Å². The Morgan fingerprint density at radius 1 is 0.395 bits per heavy atom. The topological polar surface area (TPSA) is 0 Å². The summed E-state index contributed by atoms with van der Waals surface area (Å²) in [5, 5.41) is 10.5. The van der Waals surface area contributed by atoms with E-state index in [9.17, 15) is 0 Å². The first-order valence-electron chi connectivity index (χ1n) is 14.9. The van der Waals surface area contributed by atoms with Crippen molar-refractivity contribution >= 4 is 53.1 Å². The van der Waals surface area contributed by atoms with Gasteiger partial charge in [-0.1, -0.05) is 127 Å². The lowest BCUT2D eigenvalue weighted by Gasteiger charge is -2.31. The highest BCUT2D eigenvalue weighted by molar-refractivity contribution is 8.33. The molecule has 0 saturated heterocycles. The zero-order chi connectivity index (χ0) is 28.7. The Kier molecular flexibility index (Phi) is 5.22. The van der Waals surface area contributed by atoms with Crippen LogP contribution in [0.15, 0.2) is 155 Å². The van der Waals surface area contributed by atoms with Crippen molar-refractivity contribution in [3.8, 4) is 33.4 Å². The Hall–Kier alpha value is -4.85. The number of hydrogen-bond acceptors (Lipinski definition) is 0. The monoisotopic (exact) mass is 566 g/mol. The molecular formula is C42H30S. The average Bonchev–Trinajstić information content (AvgIpc) is 3.28. The summed E-state index contributed by atoms with van der Waals surface area (Å²) in [7, 11) is -1.32. The molecular weight excluding hydrogens is 537 g/mol. The van der Waals surface area contributed by atoms with Crippen LogP contribution in [-0.2, 0) is 0 Å². The van der Waals surface area contributed by atoms with Gasteiger partial charge in [-0.25, -0.2) is 0 Å². The summed E-state index contributed by atoms with van der Waals surface area (Å²) in [6, 6.07) is 54.3. The van der Waals surface area contributed by atoms with E-state index in [0.717, 1.165) is 0 Å². The van der Waals surface area contributed by atoms with E-state index in [4.69, 9.17) is 0 Å². The van der Waals surface area contributed by atoms with Gasteiger partial charge in [-0.2, -0.15) is 10.0 Å². The van der Waals surface area contributed by atoms with Crippen LogP contribution < -0.4 is 0 Å². The van der Waals surface area contributed by atoms with Crippen molar-refractivity contribution in [3.05, 3.63) is 146 Å². The van der Waals surface area contributed by atoms with Gasteiger partial charge in [0.25, 0.3) is 0 Å². The first-order chi connectivity index (χ1) is 21.1. The summed E-state index contributed by atoms with van der Waals surface area (Å²) < 4.78 is 0. The molecule has 0 saturated carbocycles. The quantitative estimate of drug-likeness (QED) is 0.183. The first-order valence-corrected chi connectivity index (χ1v) is 17.4. The summed E-state index contributed by atoms with van der Waals surface area (Å²) >= 11 is 0. The maximum Gasteiger partial charge on any atom is 0.0101 e. The van der Waals surface area contributed by atoms with E-state index in [1.54, 1.807) is 0 Å². The first kappa shape index (κ1) is 24.7. The lowest BCUT2D eigenvalue weighted by Crippen LogP contribution is -1.98. The summed E-state index contributed by atoms with van der Waals surface area (Å²) in [4.78, 5) is 3.01. The molecule has 1 aliphatic rings. The molecule has 0 radical (unpaired) electrons. The number of hydrogen-bond donors (Lipinski definition) is 0. The van der Waals surface area contributed by atoms with Gasteiger partial charge in [0.15, 0.2) is 0 Å². The van der Waals surface area contributed by atoms with Gasteiger partial charge in [-0.3, -0.25) is 0 Å². The molecule has 8 aromatic rings. The van der Waals surface area contributed by atoms with Crippen LogP contribution in [0.3, 0.4) is 0 Å². The van der Waals surface area contributed by atoms with Gasteiger partial charge < -0.3 is 0 Å². The Morgan fingerprint density at radius 2 is 1.00 bits per heavy atom. The Morgan fingerprint density at radius 3 is 1.74 bits per heavy atom. The SMILES string of the molecule is CS1(C)c2cc3ccccc3cc2-c2ccc3c(-c4ccc5ccccc5c4)c4ccccc4c(-c4ccccc4)c3c21. The summed E-state index contributed by atoms with van der Waals surface area (Å²) in [5.41, 5.74) is 8.02. The minimum atomic E-state index is -1.32. The van der Waals surface area contributed by atoms with Crippen LogP contribution in [0.2, 0.25) is 0 Å². The van der Waals surface area contributed by atoms with Crippen LogP contribution in [0.4, 0.5) is 0 Å². The Balaban J connectivity index is 1.49. The zero-order valence-electron chi connectivity index (χ0n) is 24.3. The fourth-order valence-corrected chi connectivity index (χ4v) is 10.3. The molecule has 1 heteroatoms. The predicted octanol–water partition coefficient (Wildman–Crippen LogP) is 12.1. The van der Waals surface area contributed by atoms with Gasteiger partial charge in [0.2, 0.25) is 0 Å². The van der Waals surface area contributed by atoms with Gasteiger partial charge in [-0.15, -0.1) is 0 Å². The second kappa shape index (κ2) is 9.07. The molecule has 0 unspecified atom stereocenters. The van der Waals surface area contributed by atoms with E-state index in [0.29, 0.717) is 0 Å². The molecule has 0 nitrogen and oxygen atoms in total. The van der Waals surface area contributed by atoms with Crippen LogP contribution in [0, 0.1) is 0 Å². The third-order valence-electron chi connectivity index (χ3n) is 9.44. The molecule has 0 spiro atoms. The second-order valence-electron chi connectivity index (χ2n) is 12.1. The van der Waals surface area contributed by atoms with E-state index >= 15 is 0 Å². The van der Waals surface area contributed by atoms with Crippen molar-refractivity contribution in [2.45, 2.75) is 9.79 Å². The van der Waals surface area contributed by atoms with Gasteiger partial charge in [0, 0.05) is 15.2 Å². The molecule has 0 N–H and O–H groups in total. The highest BCUT2D eigenvalue weighted by Gasteiger charge is 2.35. The normalized spacial score (nSPS) is 14.3. The van der Waals surface area contributed by atoms with Crippen molar-refractivity contribution in [3.63, 3.8) is 0 Å². The van der Waals surface area contributed by atoms with E-state index in [2.05, 4.69) is 158 Å². The maximum absolute atomic E-state index is 2.51. The highest BCUT2D eigenvalue weighted by atomic mass is 32.3. The van der Waals surface area contributed by atoms with Crippen molar-refractivity contribution in [2.24, 2.45) is 0 Å². The summed E-state index contributed by atoms with van der Waals surface area (Å²) in [5.74, 6) is 0. The molecule has 204 valence electrons. The van der Waals surface area contributed by atoms with Crippen molar-refractivity contribution in [1.29, 1.82) is 0 Å². The molecule has 8 aromatic carbocycles. The predicted molar refractivity (Wildman–Crippen MR) is 189 cm³/mol. The molecule has 43 heavy (non-hydrogen) atoms. The van der Waals surface area contributed by atoms with Gasteiger partial charge in [0.1, 0.15) is 0 Å². The molecule has 9 rings (SSSR count). The molecule has 0 aliphatic carbocycles. The highest BCUT2D eigenvalue weighted by Crippen LogP contribution is 2.70. The van der Waals surface area contributed by atoms with Crippen molar-refractivity contribution < 1.29 is 0 Å². The number of benzene rings is 8. The molecule has 0 fully saturated rings. The molecule has 0 amide bonds. The Bertz CT molecular complexity index is 2410. The molecule has 1 heterocycles. The van der Waals surface area contributed by atoms with Crippen LogP contribution >= 0.6 is 10.0 Å². The van der Waals surface area contributed by atoms with Crippen LogP contribution in [-0.4, -0.2) is 12.5 Å². The van der Waals surface area contributed by atoms with Crippen molar-refractivity contribution in [2.75, 3.05) is 12.5 Å². The minimum absolute atomic E-state index is 1.27. The zero-order valence-corrected chi connectivity index (χ0v) is 25.1. The second-order valence-corrected chi connectivity index (χ2v) is 15.6. The lowest BCUT2D eigenvalue weighted by molar-refractivity contribution is 1.50. The smallest absolute Gasteiger partial charge is 0.0101 e. The molecule has 0 atom stereocenters. The minimum Gasteiger partial charge on any atom is -0.192 e. The summed E-state index contributed by atoms with van der Waals surface area (Å²) in [6.45, 7) is 0. The molecule has 0 bridgehead atoms. The van der Waals surface area contributed by atoms with Crippen LogP contribution in [0.5, 0.6) is 0 Å². The number of fused-ring (bicyclic) bond motifs is 8. The Labute approximate surface area is 253 Å². The fraction of sp³-hybridized carbons (Fsp3) is 0.0476. The van der Waals surface area contributed by atoms with Gasteiger partial charge in [0.05, 0.1) is 0 Å².